The fraction of sp³-hybridized carbons (Fsp3) is 0.200. The molecule has 0 aromatic carbocycles. The normalized spacial score (nSPS) is 10.9. The largest absolute Gasteiger partial charge is 0.396 e. The summed E-state index contributed by atoms with van der Waals surface area (Å²) >= 11 is 0. The van der Waals surface area contributed by atoms with E-state index in [1.54, 1.807) is 23.1 Å². The van der Waals surface area contributed by atoms with Crippen LogP contribution in [0, 0.1) is 0 Å². The van der Waals surface area contributed by atoms with Gasteiger partial charge in [0.2, 0.25) is 0 Å². The van der Waals surface area contributed by atoms with Crippen LogP contribution in [0.2, 0.25) is 0 Å². The predicted octanol–water partition coefficient (Wildman–Crippen LogP) is -0.692. The van der Waals surface area contributed by atoms with Crippen molar-refractivity contribution < 1.29 is 0 Å². The van der Waals surface area contributed by atoms with Gasteiger partial charge in [-0.1, -0.05) is 0 Å². The Balaban J connectivity index is 1.66. The Bertz CT molecular complexity index is 754. The lowest BCUT2D eigenvalue weighted by Gasteiger charge is -2.05. The van der Waals surface area contributed by atoms with Crippen LogP contribution < -0.4 is 16.7 Å². The molecule has 0 unspecified atom stereocenters. The molecule has 0 aliphatic carbocycles. The number of hydrogen-bond donors (Lipinski definition) is 3. The number of nitrogens with two attached hydrogens (primary N) is 1. The number of fused-ring (bicyclic) bond motifs is 1. The molecule has 0 aliphatic rings. The van der Waals surface area contributed by atoms with Crippen LogP contribution in [0.5, 0.6) is 0 Å². The number of H-pyrrole nitrogens is 1. The topological polar surface area (TPSA) is 119 Å². The number of nitrogens with zero attached hydrogens (tertiary/aromatic N) is 5. The fourth-order valence-electron chi connectivity index (χ4n) is 1.71. The Labute approximate surface area is 107 Å². The summed E-state index contributed by atoms with van der Waals surface area (Å²) in [5.74, 6) is 0.645. The van der Waals surface area contributed by atoms with E-state index < -0.39 is 0 Å². The van der Waals surface area contributed by atoms with Crippen molar-refractivity contribution in [2.24, 2.45) is 0 Å². The minimum absolute atomic E-state index is 0.305. The van der Waals surface area contributed by atoms with Crippen molar-refractivity contribution in [2.45, 2.75) is 6.54 Å². The van der Waals surface area contributed by atoms with Crippen molar-refractivity contribution in [3.63, 3.8) is 0 Å². The third-order valence-corrected chi connectivity index (χ3v) is 2.61. The third kappa shape index (κ3) is 2.25. The zero-order valence-corrected chi connectivity index (χ0v) is 9.95. The lowest BCUT2D eigenvalue weighted by atomic mass is 10.5. The third-order valence-electron chi connectivity index (χ3n) is 2.61. The van der Waals surface area contributed by atoms with Crippen LogP contribution in [-0.4, -0.2) is 35.9 Å². The first kappa shape index (κ1) is 11.3. The van der Waals surface area contributed by atoms with Gasteiger partial charge in [-0.15, -0.1) is 0 Å². The average molecular weight is 260 g/mol. The second-order valence-electron chi connectivity index (χ2n) is 3.99. The molecule has 0 aliphatic heterocycles. The van der Waals surface area contributed by atoms with Crippen molar-refractivity contribution in [1.29, 1.82) is 0 Å². The summed E-state index contributed by atoms with van der Waals surface area (Å²) in [5, 5.41) is 13.4. The van der Waals surface area contributed by atoms with Crippen molar-refractivity contribution in [1.82, 2.24) is 29.4 Å². The van der Waals surface area contributed by atoms with Crippen molar-refractivity contribution in [3.8, 4) is 0 Å². The van der Waals surface area contributed by atoms with Crippen LogP contribution >= 0.6 is 0 Å². The molecule has 3 aromatic heterocycles. The van der Waals surface area contributed by atoms with E-state index in [-0.39, 0.29) is 5.69 Å². The Morgan fingerprint density at radius 1 is 1.47 bits per heavy atom. The first-order chi connectivity index (χ1) is 9.22. The molecular weight excluding hydrogens is 248 g/mol. The molecule has 0 amide bonds. The number of rotatable bonds is 4. The van der Waals surface area contributed by atoms with Gasteiger partial charge >= 0.3 is 5.69 Å². The lowest BCUT2D eigenvalue weighted by molar-refractivity contribution is 0.637. The van der Waals surface area contributed by atoms with Crippen molar-refractivity contribution >= 4 is 17.2 Å². The fourth-order valence-corrected chi connectivity index (χ4v) is 1.71. The molecule has 9 heteroatoms. The minimum Gasteiger partial charge on any atom is -0.396 e. The summed E-state index contributed by atoms with van der Waals surface area (Å²) in [5.41, 5.74) is 6.42. The van der Waals surface area contributed by atoms with Gasteiger partial charge in [0.15, 0.2) is 5.65 Å². The van der Waals surface area contributed by atoms with E-state index >= 15 is 0 Å². The van der Waals surface area contributed by atoms with Gasteiger partial charge in [0.25, 0.3) is 0 Å². The second kappa shape index (κ2) is 4.44. The smallest absolute Gasteiger partial charge is 0.348 e. The zero-order chi connectivity index (χ0) is 13.2. The number of aromatic nitrogens is 6. The van der Waals surface area contributed by atoms with Crippen LogP contribution in [0.1, 0.15) is 0 Å². The highest BCUT2D eigenvalue weighted by Gasteiger charge is 2.02. The summed E-state index contributed by atoms with van der Waals surface area (Å²) in [6, 6.07) is 1.69. The molecule has 0 fully saturated rings. The molecular formula is C10H12N8O. The molecule has 0 atom stereocenters. The van der Waals surface area contributed by atoms with Gasteiger partial charge in [-0.05, 0) is 0 Å². The van der Waals surface area contributed by atoms with Crippen LogP contribution in [-0.2, 0) is 6.54 Å². The van der Waals surface area contributed by atoms with E-state index in [0.29, 0.717) is 30.2 Å². The minimum atomic E-state index is -0.305. The SMILES string of the molecule is Nc1cnn(CCNc2cc3n[nH]c(=O)n3cn2)c1. The molecule has 0 saturated heterocycles. The molecule has 0 bridgehead atoms. The maximum absolute atomic E-state index is 11.3. The van der Waals surface area contributed by atoms with E-state index in [0.717, 1.165) is 0 Å². The molecule has 19 heavy (non-hydrogen) atoms. The van der Waals surface area contributed by atoms with Crippen LogP contribution in [0.25, 0.3) is 5.65 Å². The standard InChI is InChI=1S/C10H12N8O/c11-7-4-14-17(5-7)2-1-12-8-3-9-15-16-10(19)18(9)6-13-8/h3-6,12H,1-2,11H2,(H,16,19). The zero-order valence-electron chi connectivity index (χ0n) is 9.95. The summed E-state index contributed by atoms with van der Waals surface area (Å²) in [6.07, 6.45) is 4.78. The first-order valence-electron chi connectivity index (χ1n) is 5.67. The van der Waals surface area contributed by atoms with Crippen molar-refractivity contribution in [3.05, 3.63) is 35.3 Å². The highest BCUT2D eigenvalue weighted by Crippen LogP contribution is 2.04. The quantitative estimate of drug-likeness (QED) is 0.571. The van der Waals surface area contributed by atoms with Crippen LogP contribution in [0.3, 0.4) is 0 Å². The number of anilines is 2. The van der Waals surface area contributed by atoms with Gasteiger partial charge in [0.1, 0.15) is 12.1 Å². The van der Waals surface area contributed by atoms with E-state index in [1.165, 1.54) is 10.7 Å². The van der Waals surface area contributed by atoms with Gasteiger partial charge in [0, 0.05) is 18.8 Å². The number of nitrogen functional groups attached to an aromatic ring is 1. The molecule has 98 valence electrons. The maximum atomic E-state index is 11.3. The van der Waals surface area contributed by atoms with Gasteiger partial charge in [0.05, 0.1) is 18.4 Å². The van der Waals surface area contributed by atoms with Crippen LogP contribution in [0.4, 0.5) is 11.5 Å². The molecule has 0 radical (unpaired) electrons. The molecule has 0 saturated carbocycles. The predicted molar refractivity (Wildman–Crippen MR) is 68.7 cm³/mol. The summed E-state index contributed by atoms with van der Waals surface area (Å²) in [4.78, 5) is 15.4. The highest BCUT2D eigenvalue weighted by molar-refractivity contribution is 5.48. The van der Waals surface area contributed by atoms with E-state index in [4.69, 9.17) is 5.73 Å². The monoisotopic (exact) mass is 260 g/mol. The van der Waals surface area contributed by atoms with Gasteiger partial charge in [-0.25, -0.2) is 19.3 Å². The Hall–Kier alpha value is -2.84. The van der Waals surface area contributed by atoms with E-state index in [2.05, 4.69) is 25.6 Å². The van der Waals surface area contributed by atoms with E-state index in [9.17, 15) is 4.79 Å². The number of hydrogen-bond acceptors (Lipinski definition) is 6. The summed E-state index contributed by atoms with van der Waals surface area (Å²) < 4.78 is 3.07. The molecule has 4 N–H and O–H groups in total. The highest BCUT2D eigenvalue weighted by atomic mass is 16.1. The summed E-state index contributed by atoms with van der Waals surface area (Å²) in [6.45, 7) is 1.30. The maximum Gasteiger partial charge on any atom is 0.348 e. The van der Waals surface area contributed by atoms with Gasteiger partial charge in [-0.3, -0.25) is 4.68 Å². The molecule has 3 rings (SSSR count). The van der Waals surface area contributed by atoms with Gasteiger partial charge < -0.3 is 11.1 Å². The lowest BCUT2D eigenvalue weighted by Crippen LogP contribution is -2.13. The van der Waals surface area contributed by atoms with Crippen molar-refractivity contribution in [2.75, 3.05) is 17.6 Å². The van der Waals surface area contributed by atoms with E-state index in [1.807, 2.05) is 0 Å². The Morgan fingerprint density at radius 3 is 3.16 bits per heavy atom. The van der Waals surface area contributed by atoms with Crippen LogP contribution in [0.15, 0.2) is 29.6 Å². The molecule has 9 nitrogen and oxygen atoms in total. The van der Waals surface area contributed by atoms with Gasteiger partial charge in [-0.2, -0.15) is 10.2 Å². The Kier molecular flexibility index (Phi) is 2.63. The number of aromatic amines is 1. The number of nitrogens with one attached hydrogen (secondary N) is 2. The molecule has 3 heterocycles. The first-order valence-corrected chi connectivity index (χ1v) is 5.67. The average Bonchev–Trinajstić information content (AvgIpc) is 2.97. The molecule has 0 spiro atoms. The summed E-state index contributed by atoms with van der Waals surface area (Å²) in [7, 11) is 0. The second-order valence-corrected chi connectivity index (χ2v) is 3.99. The molecule has 3 aromatic rings. The Morgan fingerprint density at radius 2 is 2.37 bits per heavy atom.